The van der Waals surface area contributed by atoms with Crippen LogP contribution in [0, 0.1) is 5.41 Å². The average Bonchev–Trinajstić information content (AvgIpc) is 3.37. The Bertz CT molecular complexity index is 1190. The summed E-state index contributed by atoms with van der Waals surface area (Å²) < 4.78 is 0. The normalized spacial score (nSPS) is 17.0. The minimum atomic E-state index is -0.672. The fraction of sp³-hybridized carbons (Fsp3) is 0.276. The van der Waals surface area contributed by atoms with Gasteiger partial charge in [0.1, 0.15) is 11.9 Å². The third-order valence-corrected chi connectivity index (χ3v) is 6.79. The summed E-state index contributed by atoms with van der Waals surface area (Å²) in [5.41, 5.74) is 15.6. The third-order valence-electron chi connectivity index (χ3n) is 6.79. The van der Waals surface area contributed by atoms with Crippen LogP contribution >= 0.6 is 24.8 Å². The number of hydrogen-bond donors (Lipinski definition) is 4. The lowest BCUT2D eigenvalue weighted by atomic mass is 9.96. The molecule has 2 amide bonds. The Kier molecular flexibility index (Phi) is 11.8. The molecule has 6 N–H and O–H groups in total. The standard InChI is InChI=1S/C29H33N5O2.2ClH/c30-25(16-13-20-7-3-1-4-8-20)29(36)34-19-24(22-9-5-2-6-10-22)17-26(34)28(35)33-18-21-11-14-23(15-12-21)27(31)32;;/h1-12,14-15,24-26H,13,16-19,30H2,(H3,31,32)(H,33,35);2*1H/t24-,25?,26-;;/m0../s1. The van der Waals surface area contributed by atoms with Gasteiger partial charge in [0.15, 0.2) is 0 Å². The van der Waals surface area contributed by atoms with E-state index >= 15 is 0 Å². The second-order valence-electron chi connectivity index (χ2n) is 9.31. The van der Waals surface area contributed by atoms with Crippen molar-refractivity contribution in [2.75, 3.05) is 6.54 Å². The quantitative estimate of drug-likeness (QED) is 0.237. The number of amides is 2. The molecular formula is C29H35Cl2N5O2. The number of nitrogens with one attached hydrogen (secondary N) is 2. The van der Waals surface area contributed by atoms with E-state index in [0.29, 0.717) is 37.9 Å². The van der Waals surface area contributed by atoms with Crippen molar-refractivity contribution >= 4 is 42.5 Å². The number of carbonyl (C=O) groups is 2. The van der Waals surface area contributed by atoms with E-state index in [1.807, 2.05) is 72.8 Å². The highest BCUT2D eigenvalue weighted by atomic mass is 35.5. The minimum Gasteiger partial charge on any atom is -0.384 e. The van der Waals surface area contributed by atoms with Gasteiger partial charge in [-0.15, -0.1) is 24.8 Å². The largest absolute Gasteiger partial charge is 0.384 e. The molecule has 202 valence electrons. The van der Waals surface area contributed by atoms with E-state index in [-0.39, 0.29) is 48.4 Å². The van der Waals surface area contributed by atoms with Gasteiger partial charge in [-0.05, 0) is 36.0 Å². The smallest absolute Gasteiger partial charge is 0.243 e. The molecule has 0 bridgehead atoms. The second kappa shape index (κ2) is 14.5. The summed E-state index contributed by atoms with van der Waals surface area (Å²) in [5.74, 6) is -0.300. The fourth-order valence-corrected chi connectivity index (χ4v) is 4.71. The molecule has 38 heavy (non-hydrogen) atoms. The molecule has 1 aliphatic heterocycles. The lowest BCUT2D eigenvalue weighted by Crippen LogP contribution is -2.51. The summed E-state index contributed by atoms with van der Waals surface area (Å²) in [6.45, 7) is 0.791. The van der Waals surface area contributed by atoms with E-state index in [1.165, 1.54) is 0 Å². The van der Waals surface area contributed by atoms with Crippen LogP contribution in [0.3, 0.4) is 0 Å². The van der Waals surface area contributed by atoms with Gasteiger partial charge in [0, 0.05) is 24.6 Å². The van der Waals surface area contributed by atoms with E-state index in [1.54, 1.807) is 17.0 Å². The lowest BCUT2D eigenvalue weighted by molar-refractivity contribution is -0.139. The zero-order chi connectivity index (χ0) is 25.5. The Balaban J connectivity index is 0.00000253. The first-order valence-corrected chi connectivity index (χ1v) is 12.3. The molecule has 0 aromatic heterocycles. The van der Waals surface area contributed by atoms with Crippen LogP contribution < -0.4 is 16.8 Å². The second-order valence-corrected chi connectivity index (χ2v) is 9.31. The maximum absolute atomic E-state index is 13.4. The highest BCUT2D eigenvalue weighted by Gasteiger charge is 2.41. The van der Waals surface area contributed by atoms with Gasteiger partial charge in [0.05, 0.1) is 6.04 Å². The number of carbonyl (C=O) groups excluding carboxylic acids is 2. The molecule has 0 saturated carbocycles. The van der Waals surface area contributed by atoms with Crippen molar-refractivity contribution < 1.29 is 9.59 Å². The summed E-state index contributed by atoms with van der Waals surface area (Å²) in [4.78, 5) is 28.4. The van der Waals surface area contributed by atoms with Gasteiger partial charge in [0.25, 0.3) is 0 Å². The monoisotopic (exact) mass is 555 g/mol. The molecule has 9 heteroatoms. The van der Waals surface area contributed by atoms with Crippen LogP contribution in [0.4, 0.5) is 0 Å². The number of benzene rings is 3. The highest BCUT2D eigenvalue weighted by Crippen LogP contribution is 2.32. The summed E-state index contributed by atoms with van der Waals surface area (Å²) in [5, 5.41) is 10.5. The molecule has 1 aliphatic rings. The van der Waals surface area contributed by atoms with Crippen molar-refractivity contribution in [1.82, 2.24) is 10.2 Å². The Labute approximate surface area is 236 Å². The van der Waals surface area contributed by atoms with E-state index in [0.717, 1.165) is 16.7 Å². The molecule has 4 rings (SSSR count). The van der Waals surface area contributed by atoms with Crippen molar-refractivity contribution in [3.05, 3.63) is 107 Å². The Morgan fingerprint density at radius 3 is 2.13 bits per heavy atom. The van der Waals surface area contributed by atoms with Gasteiger partial charge in [-0.2, -0.15) is 0 Å². The van der Waals surface area contributed by atoms with Gasteiger partial charge in [-0.3, -0.25) is 15.0 Å². The van der Waals surface area contributed by atoms with Crippen LogP contribution in [0.5, 0.6) is 0 Å². The highest BCUT2D eigenvalue weighted by molar-refractivity contribution is 5.95. The van der Waals surface area contributed by atoms with Crippen LogP contribution in [0.1, 0.15) is 41.0 Å². The molecule has 1 saturated heterocycles. The third kappa shape index (κ3) is 7.81. The van der Waals surface area contributed by atoms with Gasteiger partial charge >= 0.3 is 0 Å². The Morgan fingerprint density at radius 2 is 1.53 bits per heavy atom. The molecule has 3 aromatic rings. The molecule has 1 unspecified atom stereocenters. The lowest BCUT2D eigenvalue weighted by Gasteiger charge is -2.27. The maximum Gasteiger partial charge on any atom is 0.243 e. The molecule has 0 radical (unpaired) electrons. The zero-order valence-electron chi connectivity index (χ0n) is 21.1. The van der Waals surface area contributed by atoms with E-state index in [4.69, 9.17) is 16.9 Å². The summed E-state index contributed by atoms with van der Waals surface area (Å²) in [6, 6.07) is 25.9. The number of amidine groups is 1. The number of halogens is 2. The topological polar surface area (TPSA) is 125 Å². The number of rotatable bonds is 9. The number of hydrogen-bond acceptors (Lipinski definition) is 4. The number of nitrogen functional groups attached to an aromatic ring is 1. The Morgan fingerprint density at radius 1 is 0.921 bits per heavy atom. The molecular weight excluding hydrogens is 521 g/mol. The molecule has 3 aromatic carbocycles. The predicted molar refractivity (Wildman–Crippen MR) is 156 cm³/mol. The predicted octanol–water partition coefficient (Wildman–Crippen LogP) is 3.78. The van der Waals surface area contributed by atoms with E-state index < -0.39 is 12.1 Å². The number of likely N-dealkylation sites (tertiary alicyclic amines) is 1. The van der Waals surface area contributed by atoms with Crippen LogP contribution in [0.2, 0.25) is 0 Å². The summed E-state index contributed by atoms with van der Waals surface area (Å²) in [6.07, 6.45) is 1.78. The molecule has 7 nitrogen and oxygen atoms in total. The molecule has 1 fully saturated rings. The van der Waals surface area contributed by atoms with Gasteiger partial charge in [-0.25, -0.2) is 0 Å². The average molecular weight is 557 g/mol. The molecule has 1 heterocycles. The van der Waals surface area contributed by atoms with Crippen molar-refractivity contribution in [2.24, 2.45) is 11.5 Å². The first-order chi connectivity index (χ1) is 17.4. The maximum atomic E-state index is 13.4. The van der Waals surface area contributed by atoms with Crippen molar-refractivity contribution in [1.29, 1.82) is 5.41 Å². The first kappa shape index (κ1) is 30.8. The first-order valence-electron chi connectivity index (χ1n) is 12.3. The molecule has 0 spiro atoms. The fourth-order valence-electron chi connectivity index (χ4n) is 4.71. The zero-order valence-corrected chi connectivity index (χ0v) is 22.7. The van der Waals surface area contributed by atoms with Gasteiger partial charge in [-0.1, -0.05) is 84.9 Å². The van der Waals surface area contributed by atoms with Crippen LogP contribution in [0.15, 0.2) is 84.9 Å². The van der Waals surface area contributed by atoms with Crippen molar-refractivity contribution in [2.45, 2.75) is 43.8 Å². The van der Waals surface area contributed by atoms with Crippen LogP contribution in [0.25, 0.3) is 0 Å². The minimum absolute atomic E-state index is 0. The van der Waals surface area contributed by atoms with Crippen molar-refractivity contribution in [3.63, 3.8) is 0 Å². The molecule has 0 aliphatic carbocycles. The SMILES string of the molecule is Cl.Cl.N=C(N)c1ccc(CNC(=O)[C@@H]2C[C@H](c3ccccc3)CN2C(=O)C(N)CCc2ccccc2)cc1. The van der Waals surface area contributed by atoms with Gasteiger partial charge in [0.2, 0.25) is 11.8 Å². The van der Waals surface area contributed by atoms with Crippen LogP contribution in [-0.2, 0) is 22.6 Å². The summed E-state index contributed by atoms with van der Waals surface area (Å²) in [7, 11) is 0. The molecule has 3 atom stereocenters. The summed E-state index contributed by atoms with van der Waals surface area (Å²) >= 11 is 0. The van der Waals surface area contributed by atoms with Gasteiger partial charge < -0.3 is 21.7 Å². The number of nitrogens with two attached hydrogens (primary N) is 2. The number of nitrogens with zero attached hydrogens (tertiary/aromatic N) is 1. The number of aryl methyl sites for hydroxylation is 1. The van der Waals surface area contributed by atoms with E-state index in [2.05, 4.69) is 5.32 Å². The van der Waals surface area contributed by atoms with E-state index in [9.17, 15) is 9.59 Å². The van der Waals surface area contributed by atoms with Crippen LogP contribution in [-0.4, -0.2) is 41.2 Å². The van der Waals surface area contributed by atoms with Crippen molar-refractivity contribution in [3.8, 4) is 0 Å². The Hall–Kier alpha value is -3.39.